The van der Waals surface area contributed by atoms with E-state index in [1.165, 1.54) is 40.9 Å². The molecule has 3 aromatic rings. The number of amides is 2. The SMILES string of the molecule is Nc1nc(C(=NOc2cccc(C(F)(F)F)c2)C(=O)NC2C(=O)N3C(C(=O)O)=C(CSc4nncs4)CS[C@@H]23)ns1. The number of nitrogens with two attached hydrogens (primary N) is 1. The van der Waals surface area contributed by atoms with Crippen LogP contribution in [-0.2, 0) is 20.6 Å². The first-order valence-corrected chi connectivity index (χ1v) is 14.8. The van der Waals surface area contributed by atoms with E-state index in [-0.39, 0.29) is 33.9 Å². The number of nitrogen functional groups attached to an aromatic ring is 1. The summed E-state index contributed by atoms with van der Waals surface area (Å²) in [5.74, 6) is -2.99. The van der Waals surface area contributed by atoms with Crippen LogP contribution in [0.25, 0.3) is 0 Å². The molecular formula is C21H15F3N8O5S4. The van der Waals surface area contributed by atoms with E-state index < -0.39 is 46.7 Å². The summed E-state index contributed by atoms with van der Waals surface area (Å²) in [6.45, 7) is 0. The number of anilines is 1. The van der Waals surface area contributed by atoms with Gasteiger partial charge < -0.3 is 21.0 Å². The monoisotopic (exact) mass is 644 g/mol. The van der Waals surface area contributed by atoms with Crippen LogP contribution in [0.5, 0.6) is 5.75 Å². The van der Waals surface area contributed by atoms with Gasteiger partial charge in [-0.2, -0.15) is 22.5 Å². The molecule has 1 fully saturated rings. The number of benzene rings is 1. The number of carbonyl (C=O) groups is 3. The van der Waals surface area contributed by atoms with Crippen LogP contribution >= 0.6 is 46.4 Å². The zero-order chi connectivity index (χ0) is 29.3. The van der Waals surface area contributed by atoms with E-state index in [1.807, 2.05) is 0 Å². The van der Waals surface area contributed by atoms with Crippen LogP contribution in [0, 0.1) is 0 Å². The van der Waals surface area contributed by atoms with Gasteiger partial charge in [-0.3, -0.25) is 14.5 Å². The van der Waals surface area contributed by atoms with Crippen molar-refractivity contribution in [1.29, 1.82) is 0 Å². The number of nitrogens with one attached hydrogen (secondary N) is 1. The van der Waals surface area contributed by atoms with Crippen LogP contribution in [0.3, 0.4) is 0 Å². The largest absolute Gasteiger partial charge is 0.477 e. The van der Waals surface area contributed by atoms with Gasteiger partial charge in [0.2, 0.25) is 11.5 Å². The van der Waals surface area contributed by atoms with Gasteiger partial charge in [-0.05, 0) is 23.8 Å². The molecule has 2 aromatic heterocycles. The van der Waals surface area contributed by atoms with Crippen LogP contribution in [0.15, 0.2) is 50.5 Å². The minimum absolute atomic E-state index is 0.0246. The van der Waals surface area contributed by atoms with Gasteiger partial charge in [-0.1, -0.05) is 34.3 Å². The van der Waals surface area contributed by atoms with Crippen molar-refractivity contribution in [1.82, 2.24) is 29.8 Å². The zero-order valence-electron chi connectivity index (χ0n) is 20.1. The molecule has 2 aliphatic rings. The normalized spacial score (nSPS) is 19.0. The zero-order valence-corrected chi connectivity index (χ0v) is 23.3. The molecule has 0 bridgehead atoms. The standard InChI is InChI=1S/C21H15F3N8O5S4/c22-21(23,24)9-2-1-3-10(4-9)37-30-11(14-28-19(25)41-31-14)15(33)27-12-16(34)32-13(18(35)36)8(5-38-17(12)32)6-39-20-29-26-7-40-20/h1-4,7,12,17H,5-6H2,(H,27,33)(H,35,36)(H2,25,28,31)/t12?,17-/m0/s1. The highest BCUT2D eigenvalue weighted by Crippen LogP contribution is 2.41. The number of nitrogens with zero attached hydrogens (tertiary/aromatic N) is 6. The molecule has 1 unspecified atom stereocenters. The van der Waals surface area contributed by atoms with Gasteiger partial charge in [0.1, 0.15) is 22.6 Å². The number of rotatable bonds is 9. The summed E-state index contributed by atoms with van der Waals surface area (Å²) in [6.07, 6.45) is -4.64. The highest BCUT2D eigenvalue weighted by atomic mass is 32.2. The number of carboxylic acid groups (broad SMARTS) is 1. The molecule has 5 rings (SSSR count). The Labute approximate surface area is 244 Å². The van der Waals surface area contributed by atoms with Crippen molar-refractivity contribution in [3.8, 4) is 5.75 Å². The first-order valence-electron chi connectivity index (χ1n) is 11.1. The lowest BCUT2D eigenvalue weighted by Crippen LogP contribution is -2.71. The maximum Gasteiger partial charge on any atom is 0.416 e. The highest BCUT2D eigenvalue weighted by molar-refractivity contribution is 8.01. The summed E-state index contributed by atoms with van der Waals surface area (Å²) >= 11 is 4.58. The summed E-state index contributed by atoms with van der Waals surface area (Å²) < 4.78 is 43.7. The quantitative estimate of drug-likeness (QED) is 0.134. The third-order valence-corrected chi connectivity index (χ3v) is 9.35. The first-order chi connectivity index (χ1) is 19.5. The number of oxime groups is 1. The molecular weight excluding hydrogens is 630 g/mol. The Bertz CT molecular complexity index is 1560. The summed E-state index contributed by atoms with van der Waals surface area (Å²) in [7, 11) is 0. The van der Waals surface area contributed by atoms with Crippen LogP contribution in [-0.4, -0.2) is 76.0 Å². The smallest absolute Gasteiger partial charge is 0.416 e. The lowest BCUT2D eigenvalue weighted by atomic mass is 10.0. The molecule has 13 nitrogen and oxygen atoms in total. The van der Waals surface area contributed by atoms with Gasteiger partial charge in [0.25, 0.3) is 11.8 Å². The van der Waals surface area contributed by atoms with Crippen LogP contribution in [0.4, 0.5) is 18.3 Å². The molecule has 4 N–H and O–H groups in total. The van der Waals surface area contributed by atoms with Gasteiger partial charge >= 0.3 is 12.1 Å². The Morgan fingerprint density at radius 3 is 2.80 bits per heavy atom. The Balaban J connectivity index is 1.34. The minimum Gasteiger partial charge on any atom is -0.477 e. The van der Waals surface area contributed by atoms with Crippen molar-refractivity contribution < 1.29 is 37.5 Å². The summed E-state index contributed by atoms with van der Waals surface area (Å²) in [4.78, 5) is 48.4. The predicted octanol–water partition coefficient (Wildman–Crippen LogP) is 2.30. The summed E-state index contributed by atoms with van der Waals surface area (Å²) in [5, 5.41) is 22.9. The summed E-state index contributed by atoms with van der Waals surface area (Å²) in [6, 6.07) is 2.69. The molecule has 0 aliphatic carbocycles. The average Bonchev–Trinajstić information content (AvgIpc) is 3.61. The fourth-order valence-electron chi connectivity index (χ4n) is 3.72. The predicted molar refractivity (Wildman–Crippen MR) is 143 cm³/mol. The van der Waals surface area contributed by atoms with E-state index in [9.17, 15) is 32.7 Å². The molecule has 0 radical (unpaired) electrons. The van der Waals surface area contributed by atoms with Crippen LogP contribution < -0.4 is 15.9 Å². The number of hydrogen-bond donors (Lipinski definition) is 3. The Hall–Kier alpha value is -3.75. The van der Waals surface area contributed by atoms with Crippen molar-refractivity contribution in [3.05, 3.63) is 52.4 Å². The molecule has 2 amide bonds. The number of carboxylic acids is 1. The van der Waals surface area contributed by atoms with E-state index in [0.29, 0.717) is 16.0 Å². The number of hydrogen-bond acceptors (Lipinski definition) is 14. The lowest BCUT2D eigenvalue weighted by Gasteiger charge is -2.49. The van der Waals surface area contributed by atoms with Gasteiger partial charge in [0, 0.05) is 23.0 Å². The number of alkyl halides is 3. The third-order valence-electron chi connectivity index (χ3n) is 5.52. The lowest BCUT2D eigenvalue weighted by molar-refractivity contribution is -0.150. The maximum absolute atomic E-state index is 13.2. The molecule has 2 atom stereocenters. The molecule has 1 saturated heterocycles. The maximum atomic E-state index is 13.2. The molecule has 2 aliphatic heterocycles. The second-order valence-corrected chi connectivity index (χ2v) is 12.1. The van der Waals surface area contributed by atoms with E-state index in [4.69, 9.17) is 10.6 Å². The molecule has 4 heterocycles. The van der Waals surface area contributed by atoms with E-state index >= 15 is 0 Å². The van der Waals surface area contributed by atoms with Crippen molar-refractivity contribution in [2.24, 2.45) is 5.16 Å². The number of halogens is 3. The number of β-lactam (4-membered cyclic amide) rings is 1. The summed E-state index contributed by atoms with van der Waals surface area (Å²) in [5.41, 5.74) is 5.95. The molecule has 20 heteroatoms. The third kappa shape index (κ3) is 6.14. The van der Waals surface area contributed by atoms with Gasteiger partial charge in [0.15, 0.2) is 15.2 Å². The van der Waals surface area contributed by atoms with Crippen molar-refractivity contribution in [2.75, 3.05) is 17.2 Å². The Kier molecular flexibility index (Phi) is 8.16. The highest BCUT2D eigenvalue weighted by Gasteiger charge is 2.54. The second kappa shape index (κ2) is 11.6. The van der Waals surface area contributed by atoms with Crippen molar-refractivity contribution in [2.45, 2.75) is 21.9 Å². The van der Waals surface area contributed by atoms with Crippen LogP contribution in [0.2, 0.25) is 0 Å². The number of thioether (sulfide) groups is 2. The minimum atomic E-state index is -4.64. The van der Waals surface area contributed by atoms with E-state index in [1.54, 1.807) is 5.51 Å². The van der Waals surface area contributed by atoms with Crippen molar-refractivity contribution in [3.63, 3.8) is 0 Å². The topological polar surface area (TPSA) is 186 Å². The van der Waals surface area contributed by atoms with Gasteiger partial charge in [0.05, 0.1) is 5.56 Å². The number of aliphatic carboxylic acids is 1. The first kappa shape index (κ1) is 28.8. The molecule has 214 valence electrons. The number of fused-ring (bicyclic) bond motifs is 1. The molecule has 1 aromatic carbocycles. The molecule has 41 heavy (non-hydrogen) atoms. The Morgan fingerprint density at radius 1 is 1.34 bits per heavy atom. The van der Waals surface area contributed by atoms with Crippen molar-refractivity contribution >= 4 is 75.0 Å². The molecule has 0 spiro atoms. The number of carbonyl (C=O) groups excluding carboxylic acids is 2. The fraction of sp³-hybridized carbons (Fsp3) is 0.238. The van der Waals surface area contributed by atoms with Gasteiger partial charge in [-0.25, -0.2) is 4.79 Å². The van der Waals surface area contributed by atoms with Gasteiger partial charge in [-0.15, -0.1) is 22.0 Å². The molecule has 0 saturated carbocycles. The van der Waals surface area contributed by atoms with E-state index in [2.05, 4.69) is 30.0 Å². The fourth-order valence-corrected chi connectivity index (χ4v) is 7.13. The second-order valence-electron chi connectivity index (χ2n) is 8.12. The number of aromatic nitrogens is 4. The van der Waals surface area contributed by atoms with Crippen LogP contribution in [0.1, 0.15) is 11.4 Å². The van der Waals surface area contributed by atoms with E-state index in [0.717, 1.165) is 28.6 Å². The Morgan fingerprint density at radius 2 is 2.15 bits per heavy atom. The average molecular weight is 645 g/mol.